The van der Waals surface area contributed by atoms with Crippen molar-refractivity contribution >= 4 is 46.6 Å². The van der Waals surface area contributed by atoms with Gasteiger partial charge >= 0.3 is 5.97 Å². The van der Waals surface area contributed by atoms with E-state index < -0.39 is 17.7 Å². The molecule has 4 N–H and O–H groups in total. The number of carbonyl (C=O) groups is 2. The minimum atomic E-state index is -0.848. The van der Waals surface area contributed by atoms with Crippen molar-refractivity contribution in [2.75, 3.05) is 32.1 Å². The Kier molecular flexibility index (Phi) is 9.83. The van der Waals surface area contributed by atoms with Crippen LogP contribution in [0, 0.1) is 11.7 Å². The number of aliphatic carboxylic acids is 1. The predicted molar refractivity (Wildman–Crippen MR) is 176 cm³/mol. The molecule has 1 amide bonds. The van der Waals surface area contributed by atoms with Crippen LogP contribution in [0.25, 0.3) is 22.5 Å². The Labute approximate surface area is 280 Å². The summed E-state index contributed by atoms with van der Waals surface area (Å²) in [7, 11) is 1.55. The number of halogens is 3. The number of carboxylic acid groups (broad SMARTS) is 1. The lowest BCUT2D eigenvalue weighted by molar-refractivity contribution is -0.147. The monoisotopic (exact) mass is 679 g/mol. The Morgan fingerprint density at radius 1 is 1.09 bits per heavy atom. The van der Waals surface area contributed by atoms with E-state index in [1.807, 2.05) is 17.0 Å². The molecule has 2 aliphatic rings. The minimum absolute atomic E-state index is 0.0106. The van der Waals surface area contributed by atoms with Crippen LogP contribution in [-0.2, 0) is 22.7 Å². The van der Waals surface area contributed by atoms with Crippen molar-refractivity contribution < 1.29 is 23.8 Å². The molecular formula is C33H32Cl2FN7O4. The van der Waals surface area contributed by atoms with Crippen LogP contribution in [0.1, 0.15) is 24.0 Å². The first kappa shape index (κ1) is 32.6. The predicted octanol–water partition coefficient (Wildman–Crippen LogP) is 5.29. The number of hydrogen-bond donors (Lipinski definition) is 4. The first-order chi connectivity index (χ1) is 22.7. The highest BCUT2D eigenvalue weighted by Gasteiger charge is 2.33. The molecule has 14 heteroatoms. The summed E-state index contributed by atoms with van der Waals surface area (Å²) in [6.45, 7) is 2.16. The third kappa shape index (κ3) is 7.15. The van der Waals surface area contributed by atoms with Crippen LogP contribution in [0.3, 0.4) is 0 Å². The van der Waals surface area contributed by atoms with Crippen LogP contribution in [-0.4, -0.2) is 69.6 Å². The zero-order chi connectivity index (χ0) is 33.1. The van der Waals surface area contributed by atoms with Gasteiger partial charge in [-0.2, -0.15) is 0 Å². The number of anilines is 2. The first-order valence-corrected chi connectivity index (χ1v) is 15.8. The van der Waals surface area contributed by atoms with Gasteiger partial charge in [0.15, 0.2) is 11.6 Å². The number of pyridine rings is 3. The topological polar surface area (TPSA) is 142 Å². The standard InChI is InChI=1S/C33H32Cl2FN7O4/c1-47-32-18(13-37-14-21-6-8-26(44)40-21)5-7-24(42-32)22-10-12-38-30(28(22)35)23-3-2-4-25(27(23)34)41-31-29(36)19(9-11-39-31)15-43-16-20(17-43)33(45)46/h2-5,7,9-12,20-21,37H,6,8,13-17H2,1H3,(H,39,41)(H,40,44)(H,45,46)/t21-/m0/s1. The number of hydrogen-bond acceptors (Lipinski definition) is 9. The number of benzene rings is 1. The summed E-state index contributed by atoms with van der Waals surface area (Å²) in [6, 6.07) is 12.4. The van der Waals surface area contributed by atoms with Crippen molar-refractivity contribution in [1.82, 2.24) is 30.5 Å². The highest BCUT2D eigenvalue weighted by atomic mass is 35.5. The first-order valence-electron chi connectivity index (χ1n) is 15.0. The summed E-state index contributed by atoms with van der Waals surface area (Å²) in [5.41, 5.74) is 3.78. The average molecular weight is 681 g/mol. The van der Waals surface area contributed by atoms with Crippen molar-refractivity contribution in [3.8, 4) is 28.4 Å². The number of amides is 1. The average Bonchev–Trinajstić information content (AvgIpc) is 3.46. The van der Waals surface area contributed by atoms with Gasteiger partial charge in [0.25, 0.3) is 0 Å². The fourth-order valence-corrected chi connectivity index (χ4v) is 6.27. The molecule has 0 saturated carbocycles. The zero-order valence-electron chi connectivity index (χ0n) is 25.4. The van der Waals surface area contributed by atoms with Crippen molar-refractivity contribution in [3.63, 3.8) is 0 Å². The Balaban J connectivity index is 1.20. The second-order valence-corrected chi connectivity index (χ2v) is 12.2. The van der Waals surface area contributed by atoms with Crippen LogP contribution in [0.4, 0.5) is 15.9 Å². The maximum absolute atomic E-state index is 15.5. The summed E-state index contributed by atoms with van der Waals surface area (Å²) < 4.78 is 21.0. The van der Waals surface area contributed by atoms with Gasteiger partial charge in [-0.3, -0.25) is 19.5 Å². The smallest absolute Gasteiger partial charge is 0.309 e. The fourth-order valence-electron chi connectivity index (χ4n) is 5.70. The van der Waals surface area contributed by atoms with E-state index in [9.17, 15) is 9.59 Å². The molecule has 47 heavy (non-hydrogen) atoms. The SMILES string of the molecule is COc1nc(-c2ccnc(-c3cccc(Nc4nccc(CN5CC(C(=O)O)C5)c4F)c3Cl)c2Cl)ccc1CNC[C@@H]1CCC(=O)N1. The van der Waals surface area contributed by atoms with Crippen molar-refractivity contribution in [2.45, 2.75) is 32.0 Å². The lowest BCUT2D eigenvalue weighted by atomic mass is 10.00. The van der Waals surface area contributed by atoms with E-state index in [0.717, 1.165) is 12.0 Å². The van der Waals surface area contributed by atoms with Gasteiger partial charge in [-0.1, -0.05) is 41.4 Å². The molecule has 4 aromatic rings. The minimum Gasteiger partial charge on any atom is -0.481 e. The third-order valence-corrected chi connectivity index (χ3v) is 9.06. The molecule has 2 saturated heterocycles. The van der Waals surface area contributed by atoms with Gasteiger partial charge in [0.05, 0.1) is 40.1 Å². The van der Waals surface area contributed by atoms with Crippen molar-refractivity contribution in [3.05, 3.63) is 81.8 Å². The lowest BCUT2D eigenvalue weighted by Crippen LogP contribution is -2.49. The molecule has 244 valence electrons. The Morgan fingerprint density at radius 2 is 1.89 bits per heavy atom. The van der Waals surface area contributed by atoms with Gasteiger partial charge in [-0.15, -0.1) is 0 Å². The van der Waals surface area contributed by atoms with Gasteiger partial charge in [-0.05, 0) is 30.7 Å². The summed E-state index contributed by atoms with van der Waals surface area (Å²) in [5.74, 6) is -1.32. The molecule has 0 unspecified atom stereocenters. The largest absolute Gasteiger partial charge is 0.481 e. The lowest BCUT2D eigenvalue weighted by Gasteiger charge is -2.36. The van der Waals surface area contributed by atoms with Crippen LogP contribution in [0.2, 0.25) is 10.0 Å². The van der Waals surface area contributed by atoms with Gasteiger partial charge in [-0.25, -0.2) is 14.4 Å². The molecule has 6 rings (SSSR count). The Morgan fingerprint density at radius 3 is 2.64 bits per heavy atom. The number of nitrogens with one attached hydrogen (secondary N) is 3. The normalized spacial score (nSPS) is 16.5. The molecular weight excluding hydrogens is 648 g/mol. The van der Waals surface area contributed by atoms with Gasteiger partial charge in [0, 0.05) is 79.8 Å². The molecule has 1 aromatic carbocycles. The van der Waals surface area contributed by atoms with Crippen molar-refractivity contribution in [2.24, 2.45) is 5.92 Å². The van der Waals surface area contributed by atoms with E-state index >= 15 is 4.39 Å². The zero-order valence-corrected chi connectivity index (χ0v) is 26.9. The molecule has 11 nitrogen and oxygen atoms in total. The Hall–Kier alpha value is -4.36. The number of carbonyl (C=O) groups excluding carboxylic acids is 1. The number of rotatable bonds is 12. The second-order valence-electron chi connectivity index (χ2n) is 11.5. The highest BCUT2D eigenvalue weighted by Crippen LogP contribution is 2.41. The number of aromatic nitrogens is 3. The van der Waals surface area contributed by atoms with Crippen LogP contribution >= 0.6 is 23.2 Å². The van der Waals surface area contributed by atoms with Gasteiger partial charge in [0.2, 0.25) is 11.8 Å². The van der Waals surface area contributed by atoms with E-state index in [4.69, 9.17) is 38.0 Å². The van der Waals surface area contributed by atoms with Crippen LogP contribution in [0.15, 0.2) is 54.9 Å². The molecule has 2 aliphatic heterocycles. The summed E-state index contributed by atoms with van der Waals surface area (Å²) in [4.78, 5) is 37.8. The maximum atomic E-state index is 15.5. The molecule has 2 fully saturated rings. The number of likely N-dealkylation sites (tertiary alicyclic amines) is 1. The fraction of sp³-hybridized carbons (Fsp3) is 0.303. The molecule has 0 aliphatic carbocycles. The molecule has 0 radical (unpaired) electrons. The molecule has 0 bridgehead atoms. The van der Waals surface area contributed by atoms with Crippen LogP contribution < -0.4 is 20.7 Å². The van der Waals surface area contributed by atoms with Crippen LogP contribution in [0.5, 0.6) is 5.88 Å². The summed E-state index contributed by atoms with van der Waals surface area (Å²) in [5, 5.41) is 19.0. The number of ether oxygens (including phenoxy) is 1. The quantitative estimate of drug-likeness (QED) is 0.156. The van der Waals surface area contributed by atoms with E-state index in [0.29, 0.717) is 77.3 Å². The number of carboxylic acids is 1. The van der Waals surface area contributed by atoms with E-state index in [2.05, 4.69) is 25.9 Å². The number of methoxy groups -OCH3 is 1. The van der Waals surface area contributed by atoms with Crippen molar-refractivity contribution in [1.29, 1.82) is 0 Å². The molecule has 3 aromatic heterocycles. The maximum Gasteiger partial charge on any atom is 0.309 e. The third-order valence-electron chi connectivity index (χ3n) is 8.27. The molecule has 0 spiro atoms. The highest BCUT2D eigenvalue weighted by molar-refractivity contribution is 6.39. The van der Waals surface area contributed by atoms with E-state index in [1.54, 1.807) is 43.6 Å². The van der Waals surface area contributed by atoms with E-state index in [-0.39, 0.29) is 29.3 Å². The summed E-state index contributed by atoms with van der Waals surface area (Å²) >= 11 is 13.8. The summed E-state index contributed by atoms with van der Waals surface area (Å²) in [6.07, 6.45) is 4.46. The van der Waals surface area contributed by atoms with E-state index in [1.165, 1.54) is 6.20 Å². The second kappa shape index (κ2) is 14.2. The molecule has 5 heterocycles. The molecule has 1 atom stereocenters. The van der Waals surface area contributed by atoms with Gasteiger partial charge in [0.1, 0.15) is 0 Å². The number of nitrogens with zero attached hydrogens (tertiary/aromatic N) is 4. The van der Waals surface area contributed by atoms with Gasteiger partial charge < -0.3 is 25.8 Å². The Bertz CT molecular complexity index is 1820.